The summed E-state index contributed by atoms with van der Waals surface area (Å²) in [5, 5.41) is 20.0. The number of carbonyl (C=O) groups excluding carboxylic acids is 4. The zero-order valence-electron chi connectivity index (χ0n) is 34.2. The van der Waals surface area contributed by atoms with E-state index in [1.165, 1.54) is 14.2 Å². The number of hydrogen-bond acceptors (Lipinski definition) is 10. The van der Waals surface area contributed by atoms with Gasteiger partial charge in [-0.05, 0) is 78.4 Å². The number of imidazole rings is 2. The number of nitrogens with zero attached hydrogens (tertiary/aromatic N) is 3. The molecular formula is C43H52N8O8. The molecule has 7 rings (SSSR count). The maximum Gasteiger partial charge on any atom is 0.407 e. The van der Waals surface area contributed by atoms with Crippen LogP contribution in [0.25, 0.3) is 44.2 Å². The highest BCUT2D eigenvalue weighted by Crippen LogP contribution is 2.43. The second-order valence-corrected chi connectivity index (χ2v) is 15.6. The molecule has 2 aliphatic rings. The molecule has 2 aromatic heterocycles. The molecule has 5 aromatic rings. The molecule has 0 aliphatic carbocycles. The van der Waals surface area contributed by atoms with Crippen LogP contribution in [0.4, 0.5) is 9.59 Å². The SMILES string of the molecule is CCCCC(NC(=O)C(NC(=O)OC)C(C)C)c1ncc(-c2ccc3c(c2)COc2cc4c(ccc5[nH]c(C6CCC(C)N6C(=O)C(CO)NC(=O)OC)nc54)cc2-3)[nH]1. The maximum absolute atomic E-state index is 13.6. The van der Waals surface area contributed by atoms with E-state index in [4.69, 9.17) is 14.5 Å². The molecule has 1 fully saturated rings. The number of aromatic nitrogens is 4. The number of likely N-dealkylation sites (tertiary alicyclic amines) is 1. The van der Waals surface area contributed by atoms with Crippen molar-refractivity contribution in [1.29, 1.82) is 0 Å². The fraction of sp³-hybridized carbons (Fsp3) is 0.442. The summed E-state index contributed by atoms with van der Waals surface area (Å²) in [6, 6.07) is 11.6. The van der Waals surface area contributed by atoms with Gasteiger partial charge in [0, 0.05) is 17.0 Å². The van der Waals surface area contributed by atoms with Gasteiger partial charge in [0.15, 0.2) is 0 Å². The summed E-state index contributed by atoms with van der Waals surface area (Å²) in [4.78, 5) is 69.1. The fourth-order valence-electron chi connectivity index (χ4n) is 8.15. The summed E-state index contributed by atoms with van der Waals surface area (Å²) in [5.74, 6) is 1.14. The third-order valence-corrected chi connectivity index (χ3v) is 11.4. The molecule has 4 heterocycles. The second-order valence-electron chi connectivity index (χ2n) is 15.6. The van der Waals surface area contributed by atoms with Crippen LogP contribution in [0.1, 0.15) is 89.1 Å². The van der Waals surface area contributed by atoms with E-state index in [-0.39, 0.29) is 30.0 Å². The Morgan fingerprint density at radius 3 is 2.49 bits per heavy atom. The highest BCUT2D eigenvalue weighted by Gasteiger charge is 2.40. The highest BCUT2D eigenvalue weighted by atomic mass is 16.5. The number of alkyl carbamates (subject to hydrolysis) is 2. The zero-order valence-corrected chi connectivity index (χ0v) is 34.2. The number of aliphatic hydroxyl groups excluding tert-OH is 1. The van der Waals surface area contributed by atoms with Crippen molar-refractivity contribution in [1.82, 2.24) is 40.8 Å². The van der Waals surface area contributed by atoms with Gasteiger partial charge in [0.1, 0.15) is 36.1 Å². The van der Waals surface area contributed by atoms with Crippen LogP contribution in [0.15, 0.2) is 48.7 Å². The number of unbranched alkanes of at least 4 members (excludes halogenated alkanes) is 1. The predicted octanol–water partition coefficient (Wildman–Crippen LogP) is 6.16. The summed E-state index contributed by atoms with van der Waals surface area (Å²) in [5.41, 5.74) is 6.33. The number of hydrogen-bond donors (Lipinski definition) is 6. The van der Waals surface area contributed by atoms with E-state index < -0.39 is 36.8 Å². The van der Waals surface area contributed by atoms with Crippen molar-refractivity contribution in [2.24, 2.45) is 5.92 Å². The second kappa shape index (κ2) is 17.4. The number of ether oxygens (including phenoxy) is 3. The Labute approximate surface area is 341 Å². The average Bonchev–Trinajstić information content (AvgIpc) is 4.00. The molecule has 4 amide bonds. The first-order valence-electron chi connectivity index (χ1n) is 20.1. The Hall–Kier alpha value is -6.16. The number of amides is 4. The Kier molecular flexibility index (Phi) is 12.1. The maximum atomic E-state index is 13.6. The molecule has 59 heavy (non-hydrogen) atoms. The lowest BCUT2D eigenvalue weighted by atomic mass is 9.92. The Morgan fingerprint density at radius 2 is 1.76 bits per heavy atom. The third kappa shape index (κ3) is 8.26. The molecule has 16 heteroatoms. The molecule has 16 nitrogen and oxygen atoms in total. The van der Waals surface area contributed by atoms with Crippen LogP contribution in [-0.2, 0) is 25.7 Å². The third-order valence-electron chi connectivity index (χ3n) is 11.4. The topological polar surface area (TPSA) is 213 Å². The monoisotopic (exact) mass is 808 g/mol. The van der Waals surface area contributed by atoms with Gasteiger partial charge in [0.25, 0.3) is 0 Å². The molecule has 3 aromatic carbocycles. The number of methoxy groups -OCH3 is 2. The fourth-order valence-corrected chi connectivity index (χ4v) is 8.15. The number of fused-ring (bicyclic) bond motifs is 6. The van der Waals surface area contributed by atoms with Crippen LogP contribution in [0, 0.1) is 5.92 Å². The van der Waals surface area contributed by atoms with E-state index >= 15 is 0 Å². The van der Waals surface area contributed by atoms with Crippen molar-refractivity contribution in [2.45, 2.75) is 96.6 Å². The number of carbonyl (C=O) groups is 4. The summed E-state index contributed by atoms with van der Waals surface area (Å²) in [6.45, 7) is 7.56. The number of aliphatic hydroxyl groups is 1. The lowest BCUT2D eigenvalue weighted by Gasteiger charge is -2.30. The van der Waals surface area contributed by atoms with Gasteiger partial charge in [0.05, 0.1) is 55.8 Å². The van der Waals surface area contributed by atoms with Gasteiger partial charge in [-0.2, -0.15) is 0 Å². The number of nitrogens with one attached hydrogen (secondary N) is 5. The number of aromatic amines is 2. The lowest BCUT2D eigenvalue weighted by Crippen LogP contribution is -2.52. The Bertz CT molecular complexity index is 2370. The molecule has 1 saturated heterocycles. The van der Waals surface area contributed by atoms with Gasteiger partial charge in [-0.25, -0.2) is 19.6 Å². The normalized spacial score (nSPS) is 17.5. The zero-order chi connectivity index (χ0) is 42.0. The van der Waals surface area contributed by atoms with Gasteiger partial charge in [0.2, 0.25) is 11.8 Å². The van der Waals surface area contributed by atoms with Gasteiger partial charge in [-0.15, -0.1) is 0 Å². The number of benzene rings is 3. The highest BCUT2D eigenvalue weighted by molar-refractivity contribution is 6.07. The van der Waals surface area contributed by atoms with Gasteiger partial charge in [-0.1, -0.05) is 51.8 Å². The van der Waals surface area contributed by atoms with Gasteiger partial charge < -0.3 is 50.1 Å². The average molecular weight is 809 g/mol. The summed E-state index contributed by atoms with van der Waals surface area (Å²) in [6.07, 6.45) is 4.21. The van der Waals surface area contributed by atoms with Crippen LogP contribution >= 0.6 is 0 Å². The standard InChI is InChI=1S/C43H52N8O8/c1-7-8-9-31(47-40(53)36(22(2)3)50-43(56)58-6)38-44-19-32(46-38)25-11-13-27-26(16-25)21-59-35-18-28-24(17-29(27)35)12-14-30-37(28)49-39(45-30)34-15-10-23(4)51(34)41(54)33(20-52)48-42(55)57-5/h11-14,16-19,22-23,31,33-34,36,52H,7-10,15,20-21H2,1-6H3,(H,44,46)(H,45,49)(H,47,53)(H,48,55)(H,50,56). The first-order chi connectivity index (χ1) is 28.4. The minimum Gasteiger partial charge on any atom is -0.488 e. The molecule has 5 unspecified atom stereocenters. The number of H-pyrrole nitrogens is 2. The molecule has 0 bridgehead atoms. The van der Waals surface area contributed by atoms with E-state index in [1.54, 1.807) is 11.1 Å². The lowest BCUT2D eigenvalue weighted by molar-refractivity contribution is -0.137. The van der Waals surface area contributed by atoms with Gasteiger partial charge in [-0.3, -0.25) is 9.59 Å². The first-order valence-corrected chi connectivity index (χ1v) is 20.1. The van der Waals surface area contributed by atoms with E-state index in [9.17, 15) is 24.3 Å². The smallest absolute Gasteiger partial charge is 0.407 e. The van der Waals surface area contributed by atoms with Crippen LogP contribution in [0.3, 0.4) is 0 Å². The van der Waals surface area contributed by atoms with Crippen molar-refractivity contribution in [2.75, 3.05) is 20.8 Å². The molecule has 0 saturated carbocycles. The van der Waals surface area contributed by atoms with Crippen molar-refractivity contribution < 1.29 is 38.5 Å². The van der Waals surface area contributed by atoms with Crippen molar-refractivity contribution >= 4 is 45.8 Å². The number of rotatable bonds is 13. The van der Waals surface area contributed by atoms with E-state index in [0.717, 1.165) is 74.8 Å². The predicted molar refractivity (Wildman–Crippen MR) is 220 cm³/mol. The van der Waals surface area contributed by atoms with Crippen molar-refractivity contribution in [3.05, 3.63) is 65.9 Å². The van der Waals surface area contributed by atoms with E-state index in [2.05, 4.69) is 60.8 Å². The summed E-state index contributed by atoms with van der Waals surface area (Å²) < 4.78 is 15.8. The van der Waals surface area contributed by atoms with Crippen LogP contribution in [0.5, 0.6) is 5.75 Å². The van der Waals surface area contributed by atoms with Crippen LogP contribution in [0.2, 0.25) is 0 Å². The Balaban J connectivity index is 1.13. The summed E-state index contributed by atoms with van der Waals surface area (Å²) in [7, 11) is 2.48. The van der Waals surface area contributed by atoms with E-state index in [0.29, 0.717) is 31.1 Å². The molecular weight excluding hydrogens is 757 g/mol. The van der Waals surface area contributed by atoms with Gasteiger partial charge >= 0.3 is 12.2 Å². The molecule has 6 N–H and O–H groups in total. The van der Waals surface area contributed by atoms with Crippen LogP contribution < -0.4 is 20.7 Å². The molecule has 5 atom stereocenters. The van der Waals surface area contributed by atoms with Crippen LogP contribution in [-0.4, -0.2) is 92.9 Å². The quantitative estimate of drug-likeness (QED) is 0.0797. The van der Waals surface area contributed by atoms with E-state index in [1.807, 2.05) is 45.0 Å². The molecule has 312 valence electrons. The summed E-state index contributed by atoms with van der Waals surface area (Å²) >= 11 is 0. The minimum absolute atomic E-state index is 0.126. The molecule has 0 spiro atoms. The first kappa shape index (κ1) is 41.0. The minimum atomic E-state index is -1.14. The van der Waals surface area contributed by atoms with Crippen molar-refractivity contribution in [3.8, 4) is 28.1 Å². The van der Waals surface area contributed by atoms with Crippen molar-refractivity contribution in [3.63, 3.8) is 0 Å². The molecule has 2 aliphatic heterocycles. The molecule has 0 radical (unpaired) electrons. The Morgan fingerprint density at radius 1 is 0.983 bits per heavy atom. The largest absolute Gasteiger partial charge is 0.488 e.